The number of aliphatic hydroxyl groups excluding tert-OH is 1. The van der Waals surface area contributed by atoms with Crippen molar-refractivity contribution in [3.05, 3.63) is 16.1 Å². The van der Waals surface area contributed by atoms with Crippen molar-refractivity contribution < 1.29 is 5.11 Å². The molecule has 2 N–H and O–H groups in total. The summed E-state index contributed by atoms with van der Waals surface area (Å²) in [5.74, 6) is 0.553. The molecule has 1 aromatic rings. The molecule has 1 aromatic heterocycles. The van der Waals surface area contributed by atoms with Crippen LogP contribution in [-0.2, 0) is 6.54 Å². The monoisotopic (exact) mass is 242 g/mol. The number of hydrogen-bond acceptors (Lipinski definition) is 4. The summed E-state index contributed by atoms with van der Waals surface area (Å²) in [6, 6.07) is 0. The fraction of sp³-hybridized carbons (Fsp3) is 0.750. The molecule has 0 aliphatic carbocycles. The van der Waals surface area contributed by atoms with Crippen LogP contribution in [0.4, 0.5) is 0 Å². The van der Waals surface area contributed by atoms with Crippen molar-refractivity contribution in [2.24, 2.45) is 0 Å². The number of aliphatic hydroxyl groups is 1. The molecule has 0 amide bonds. The summed E-state index contributed by atoms with van der Waals surface area (Å²) in [4.78, 5) is 5.68. The van der Waals surface area contributed by atoms with Gasteiger partial charge in [-0.1, -0.05) is 27.2 Å². The van der Waals surface area contributed by atoms with Gasteiger partial charge in [-0.15, -0.1) is 11.3 Å². The van der Waals surface area contributed by atoms with Crippen LogP contribution in [0.5, 0.6) is 0 Å². The lowest BCUT2D eigenvalue weighted by molar-refractivity contribution is 0.160. The van der Waals surface area contributed by atoms with Gasteiger partial charge in [-0.3, -0.25) is 0 Å². The second-order valence-electron chi connectivity index (χ2n) is 4.38. The zero-order chi connectivity index (χ0) is 12.0. The molecular weight excluding hydrogens is 220 g/mol. The van der Waals surface area contributed by atoms with Crippen molar-refractivity contribution in [1.82, 2.24) is 10.3 Å². The molecule has 0 spiro atoms. The van der Waals surface area contributed by atoms with E-state index in [0.29, 0.717) is 12.5 Å². The van der Waals surface area contributed by atoms with Gasteiger partial charge in [0.2, 0.25) is 0 Å². The van der Waals surface area contributed by atoms with Crippen molar-refractivity contribution >= 4 is 11.3 Å². The number of hydrogen-bond donors (Lipinski definition) is 2. The van der Waals surface area contributed by atoms with Crippen LogP contribution in [-0.4, -0.2) is 22.7 Å². The van der Waals surface area contributed by atoms with Crippen LogP contribution < -0.4 is 5.32 Å². The van der Waals surface area contributed by atoms with E-state index in [2.05, 4.69) is 31.1 Å². The zero-order valence-corrected chi connectivity index (χ0v) is 11.2. The van der Waals surface area contributed by atoms with Gasteiger partial charge in [0.05, 0.1) is 6.10 Å². The van der Waals surface area contributed by atoms with E-state index in [-0.39, 0.29) is 6.10 Å². The number of thiazole rings is 1. The molecule has 0 fully saturated rings. The summed E-state index contributed by atoms with van der Waals surface area (Å²) in [5.41, 5.74) is 0. The predicted octanol–water partition coefficient (Wildman–Crippen LogP) is 2.52. The molecule has 0 radical (unpaired) electrons. The van der Waals surface area contributed by atoms with Crippen LogP contribution in [0.3, 0.4) is 0 Å². The highest BCUT2D eigenvalue weighted by Crippen LogP contribution is 2.21. The molecule has 0 saturated carbocycles. The molecule has 3 nitrogen and oxygen atoms in total. The Kier molecular flexibility index (Phi) is 5.95. The maximum atomic E-state index is 9.54. The highest BCUT2D eigenvalue weighted by atomic mass is 32.1. The van der Waals surface area contributed by atoms with Crippen molar-refractivity contribution in [1.29, 1.82) is 0 Å². The molecule has 16 heavy (non-hydrogen) atoms. The molecular formula is C12H22N2OS. The summed E-state index contributed by atoms with van der Waals surface area (Å²) in [5, 5.41) is 13.9. The summed E-state index contributed by atoms with van der Waals surface area (Å²) in [6.07, 6.45) is 3.61. The van der Waals surface area contributed by atoms with Gasteiger partial charge in [0.25, 0.3) is 0 Å². The average molecular weight is 242 g/mol. The molecule has 0 bridgehead atoms. The third kappa shape index (κ3) is 4.60. The summed E-state index contributed by atoms with van der Waals surface area (Å²) < 4.78 is 0. The van der Waals surface area contributed by atoms with E-state index in [1.807, 2.05) is 6.20 Å². The van der Waals surface area contributed by atoms with Gasteiger partial charge in [0, 0.05) is 24.2 Å². The van der Waals surface area contributed by atoms with E-state index in [4.69, 9.17) is 0 Å². The Bertz CT molecular complexity index is 299. The molecule has 0 aromatic carbocycles. The maximum absolute atomic E-state index is 9.54. The Morgan fingerprint density at radius 1 is 1.50 bits per heavy atom. The van der Waals surface area contributed by atoms with E-state index in [1.165, 1.54) is 4.88 Å². The van der Waals surface area contributed by atoms with Gasteiger partial charge < -0.3 is 10.4 Å². The topological polar surface area (TPSA) is 45.1 Å². The molecule has 0 aliphatic rings. The fourth-order valence-electron chi connectivity index (χ4n) is 1.45. The molecule has 1 atom stereocenters. The average Bonchev–Trinajstić information content (AvgIpc) is 2.67. The fourth-order valence-corrected chi connectivity index (χ4v) is 2.35. The molecule has 92 valence electrons. The van der Waals surface area contributed by atoms with Crippen molar-refractivity contribution in [3.63, 3.8) is 0 Å². The first-order valence-corrected chi connectivity index (χ1v) is 6.78. The highest BCUT2D eigenvalue weighted by Gasteiger charge is 2.06. The minimum atomic E-state index is -0.227. The van der Waals surface area contributed by atoms with E-state index in [9.17, 15) is 5.11 Å². The van der Waals surface area contributed by atoms with Crippen molar-refractivity contribution in [2.45, 2.75) is 52.2 Å². The minimum Gasteiger partial charge on any atom is -0.392 e. The highest BCUT2D eigenvalue weighted by molar-refractivity contribution is 7.11. The number of aromatic nitrogens is 1. The second kappa shape index (κ2) is 6.99. The Balaban J connectivity index is 2.26. The number of nitrogens with zero attached hydrogens (tertiary/aromatic N) is 1. The maximum Gasteiger partial charge on any atom is 0.107 e. The van der Waals surface area contributed by atoms with Crippen LogP contribution in [0.2, 0.25) is 0 Å². The lowest BCUT2D eigenvalue weighted by Crippen LogP contribution is -2.26. The van der Waals surface area contributed by atoms with Gasteiger partial charge in [-0.25, -0.2) is 4.98 Å². The molecule has 1 unspecified atom stereocenters. The van der Waals surface area contributed by atoms with Gasteiger partial charge >= 0.3 is 0 Å². The molecule has 4 heteroatoms. The zero-order valence-electron chi connectivity index (χ0n) is 10.4. The number of nitrogens with one attached hydrogen (secondary N) is 1. The van der Waals surface area contributed by atoms with Crippen LogP contribution >= 0.6 is 11.3 Å². The van der Waals surface area contributed by atoms with Crippen molar-refractivity contribution in [3.8, 4) is 0 Å². The Morgan fingerprint density at radius 2 is 2.25 bits per heavy atom. The number of rotatable bonds is 7. The van der Waals surface area contributed by atoms with Crippen LogP contribution in [0.25, 0.3) is 0 Å². The molecule has 0 aliphatic heterocycles. The Hall–Kier alpha value is -0.450. The first-order valence-electron chi connectivity index (χ1n) is 5.96. The normalized spacial score (nSPS) is 13.3. The Labute approximate surface area is 102 Å². The summed E-state index contributed by atoms with van der Waals surface area (Å²) >= 11 is 1.75. The minimum absolute atomic E-state index is 0.227. The summed E-state index contributed by atoms with van der Waals surface area (Å²) in [6.45, 7) is 7.85. The van der Waals surface area contributed by atoms with Crippen LogP contribution in [0.15, 0.2) is 6.20 Å². The molecule has 1 rings (SSSR count). The van der Waals surface area contributed by atoms with E-state index >= 15 is 0 Å². The molecule has 0 saturated heterocycles. The van der Waals surface area contributed by atoms with E-state index < -0.39 is 0 Å². The van der Waals surface area contributed by atoms with Crippen molar-refractivity contribution in [2.75, 3.05) is 6.54 Å². The van der Waals surface area contributed by atoms with Crippen LogP contribution in [0, 0.1) is 0 Å². The van der Waals surface area contributed by atoms with E-state index in [0.717, 1.165) is 24.4 Å². The standard InChI is InChI=1S/C12H22N2OS/c1-4-5-10(15)6-13-8-12-14-7-11(16-12)9(2)3/h7,9-10,13,15H,4-6,8H2,1-3H3. The third-order valence-corrected chi connectivity index (χ3v) is 3.72. The van der Waals surface area contributed by atoms with Gasteiger partial charge in [0.15, 0.2) is 0 Å². The lowest BCUT2D eigenvalue weighted by atomic mass is 10.2. The first-order chi connectivity index (χ1) is 7.63. The second-order valence-corrected chi connectivity index (χ2v) is 5.53. The molecule has 1 heterocycles. The van der Waals surface area contributed by atoms with Gasteiger partial charge in [-0.2, -0.15) is 0 Å². The quantitative estimate of drug-likeness (QED) is 0.772. The lowest BCUT2D eigenvalue weighted by Gasteiger charge is -2.09. The first kappa shape index (κ1) is 13.6. The van der Waals surface area contributed by atoms with Gasteiger partial charge in [0.1, 0.15) is 5.01 Å². The predicted molar refractivity (Wildman–Crippen MR) is 68.8 cm³/mol. The SMILES string of the molecule is CCCC(O)CNCc1ncc(C(C)C)s1. The van der Waals surface area contributed by atoms with Crippen LogP contribution in [0.1, 0.15) is 49.4 Å². The van der Waals surface area contributed by atoms with Gasteiger partial charge in [-0.05, 0) is 12.3 Å². The third-order valence-electron chi connectivity index (χ3n) is 2.42. The van der Waals surface area contributed by atoms with E-state index in [1.54, 1.807) is 11.3 Å². The summed E-state index contributed by atoms with van der Waals surface area (Å²) in [7, 11) is 0. The largest absolute Gasteiger partial charge is 0.392 e. The Morgan fingerprint density at radius 3 is 2.81 bits per heavy atom. The smallest absolute Gasteiger partial charge is 0.107 e.